The second-order valence-corrected chi connectivity index (χ2v) is 7.69. The van der Waals surface area contributed by atoms with Crippen molar-refractivity contribution in [3.05, 3.63) is 96.8 Å². The average Bonchev–Trinajstić information content (AvgIpc) is 2.83. The van der Waals surface area contributed by atoms with Crippen LogP contribution in [0.3, 0.4) is 0 Å². The lowest BCUT2D eigenvalue weighted by atomic mass is 10.0. The highest BCUT2D eigenvalue weighted by Gasteiger charge is 2.05. The maximum absolute atomic E-state index is 9.75. The molecule has 0 fully saturated rings. The fourth-order valence-electron chi connectivity index (χ4n) is 3.29. The molecule has 0 radical (unpaired) electrons. The highest BCUT2D eigenvalue weighted by atomic mass is 32.1. The number of nitrogens with two attached hydrogens (primary N) is 1. The summed E-state index contributed by atoms with van der Waals surface area (Å²) in [5.41, 5.74) is 8.68. The van der Waals surface area contributed by atoms with Gasteiger partial charge < -0.3 is 16.2 Å². The first-order valence-electron chi connectivity index (χ1n) is 10.4. The van der Waals surface area contributed by atoms with Crippen LogP contribution in [0, 0.1) is 0 Å². The van der Waals surface area contributed by atoms with Crippen molar-refractivity contribution in [1.82, 2.24) is 10.3 Å². The van der Waals surface area contributed by atoms with Gasteiger partial charge in [-0.15, -0.1) is 12.6 Å². The van der Waals surface area contributed by atoms with Crippen molar-refractivity contribution in [2.45, 2.75) is 17.4 Å². The first-order chi connectivity index (χ1) is 15.2. The summed E-state index contributed by atoms with van der Waals surface area (Å²) >= 11 is 4.54. The van der Waals surface area contributed by atoms with E-state index in [-0.39, 0.29) is 6.10 Å². The summed E-state index contributed by atoms with van der Waals surface area (Å²) in [6.07, 6.45) is 4.02. The molecule has 1 aromatic heterocycles. The van der Waals surface area contributed by atoms with Crippen molar-refractivity contribution in [1.29, 1.82) is 0 Å². The molecule has 0 aliphatic carbocycles. The molecule has 0 aliphatic heterocycles. The molecule has 1 heterocycles. The van der Waals surface area contributed by atoms with E-state index >= 15 is 0 Å². The molecular formula is C26H29N3OS. The molecule has 4 aromatic rings. The van der Waals surface area contributed by atoms with E-state index in [0.717, 1.165) is 40.7 Å². The zero-order valence-electron chi connectivity index (χ0n) is 17.5. The third-order valence-electron chi connectivity index (χ3n) is 4.94. The third-order valence-corrected chi connectivity index (χ3v) is 5.31. The van der Waals surface area contributed by atoms with E-state index in [4.69, 9.17) is 5.73 Å². The molecule has 160 valence electrons. The van der Waals surface area contributed by atoms with Gasteiger partial charge in [-0.2, -0.15) is 0 Å². The Morgan fingerprint density at radius 1 is 0.903 bits per heavy atom. The number of hydrogen-bond acceptors (Lipinski definition) is 5. The molecule has 1 unspecified atom stereocenters. The van der Waals surface area contributed by atoms with Gasteiger partial charge in [0.05, 0.1) is 6.10 Å². The smallest absolute Gasteiger partial charge is 0.0802 e. The van der Waals surface area contributed by atoms with E-state index in [1.165, 1.54) is 11.1 Å². The number of aliphatic hydroxyl groups excluding tert-OH is 1. The monoisotopic (exact) mass is 431 g/mol. The molecule has 31 heavy (non-hydrogen) atoms. The van der Waals surface area contributed by atoms with Crippen LogP contribution >= 0.6 is 12.6 Å². The van der Waals surface area contributed by atoms with Crippen molar-refractivity contribution >= 4 is 23.4 Å². The van der Waals surface area contributed by atoms with Gasteiger partial charge in [0.25, 0.3) is 0 Å². The van der Waals surface area contributed by atoms with Gasteiger partial charge in [0.1, 0.15) is 0 Å². The number of hydrogen-bond donors (Lipinski definition) is 4. The number of benzene rings is 3. The summed E-state index contributed by atoms with van der Waals surface area (Å²) in [6.45, 7) is 2.25. The van der Waals surface area contributed by atoms with E-state index in [1.807, 2.05) is 60.8 Å². The Balaban J connectivity index is 0.000000180. The SMILES string of the molecule is NCCNCCC(O)c1ccccc1.Sc1cc(-c2ccccc2)cc2cnccc12. The van der Waals surface area contributed by atoms with E-state index in [9.17, 15) is 5.11 Å². The molecule has 0 saturated heterocycles. The van der Waals surface area contributed by atoms with Crippen molar-refractivity contribution in [3.63, 3.8) is 0 Å². The minimum absolute atomic E-state index is 0.374. The van der Waals surface area contributed by atoms with Gasteiger partial charge in [0, 0.05) is 35.8 Å². The number of thiol groups is 1. The molecule has 0 saturated carbocycles. The lowest BCUT2D eigenvalue weighted by molar-refractivity contribution is 0.167. The van der Waals surface area contributed by atoms with Crippen LogP contribution < -0.4 is 11.1 Å². The molecule has 5 heteroatoms. The van der Waals surface area contributed by atoms with E-state index in [0.29, 0.717) is 6.54 Å². The van der Waals surface area contributed by atoms with Crippen LogP contribution in [0.1, 0.15) is 18.1 Å². The maximum Gasteiger partial charge on any atom is 0.0802 e. The molecule has 0 spiro atoms. The van der Waals surface area contributed by atoms with E-state index < -0.39 is 0 Å². The summed E-state index contributed by atoms with van der Waals surface area (Å²) < 4.78 is 0. The molecule has 0 aliphatic rings. The summed E-state index contributed by atoms with van der Waals surface area (Å²) in [4.78, 5) is 5.14. The van der Waals surface area contributed by atoms with E-state index in [2.05, 4.69) is 47.2 Å². The highest BCUT2D eigenvalue weighted by Crippen LogP contribution is 2.29. The Kier molecular flexibility index (Phi) is 9.06. The summed E-state index contributed by atoms with van der Waals surface area (Å²) in [5.74, 6) is 0. The first-order valence-corrected chi connectivity index (χ1v) is 10.9. The Hall–Kier alpha value is -2.70. The Labute approximate surface area is 189 Å². The minimum Gasteiger partial charge on any atom is -0.388 e. The van der Waals surface area contributed by atoms with Crippen molar-refractivity contribution in [2.75, 3.05) is 19.6 Å². The van der Waals surface area contributed by atoms with Crippen molar-refractivity contribution < 1.29 is 5.11 Å². The second kappa shape index (κ2) is 12.2. The van der Waals surface area contributed by atoms with Crippen LogP contribution in [0.5, 0.6) is 0 Å². The quantitative estimate of drug-likeness (QED) is 0.249. The van der Waals surface area contributed by atoms with Crippen LogP contribution in [0.25, 0.3) is 21.9 Å². The van der Waals surface area contributed by atoms with Gasteiger partial charge in [-0.1, -0.05) is 60.7 Å². The van der Waals surface area contributed by atoms with E-state index in [1.54, 1.807) is 6.20 Å². The molecule has 0 amide bonds. The number of rotatable bonds is 7. The molecular weight excluding hydrogens is 402 g/mol. The van der Waals surface area contributed by atoms with Crippen LogP contribution in [0.4, 0.5) is 0 Å². The number of aliphatic hydroxyl groups is 1. The molecule has 1 atom stereocenters. The van der Waals surface area contributed by atoms with Gasteiger partial charge in [0.15, 0.2) is 0 Å². The van der Waals surface area contributed by atoms with Crippen LogP contribution in [0.15, 0.2) is 96.2 Å². The Morgan fingerprint density at radius 3 is 2.32 bits per heavy atom. The average molecular weight is 432 g/mol. The van der Waals surface area contributed by atoms with Gasteiger partial charge in [-0.05, 0) is 53.2 Å². The fourth-order valence-corrected chi connectivity index (χ4v) is 3.64. The first kappa shape index (κ1) is 23.0. The number of aromatic nitrogens is 1. The predicted molar refractivity (Wildman–Crippen MR) is 132 cm³/mol. The number of pyridine rings is 1. The van der Waals surface area contributed by atoms with Crippen LogP contribution in [0.2, 0.25) is 0 Å². The predicted octanol–water partition coefficient (Wildman–Crippen LogP) is 4.85. The third kappa shape index (κ3) is 6.91. The number of fused-ring (bicyclic) bond motifs is 1. The zero-order valence-corrected chi connectivity index (χ0v) is 18.4. The van der Waals surface area contributed by atoms with Gasteiger partial charge >= 0.3 is 0 Å². The summed E-state index contributed by atoms with van der Waals surface area (Å²) in [6, 6.07) is 26.2. The minimum atomic E-state index is -0.374. The summed E-state index contributed by atoms with van der Waals surface area (Å²) in [5, 5.41) is 15.2. The summed E-state index contributed by atoms with van der Waals surface area (Å²) in [7, 11) is 0. The molecule has 0 bridgehead atoms. The number of nitrogens with one attached hydrogen (secondary N) is 1. The number of nitrogens with zero attached hydrogens (tertiary/aromatic N) is 1. The largest absolute Gasteiger partial charge is 0.388 e. The highest BCUT2D eigenvalue weighted by molar-refractivity contribution is 7.80. The fraction of sp³-hybridized carbons (Fsp3) is 0.192. The maximum atomic E-state index is 9.75. The van der Waals surface area contributed by atoms with Gasteiger partial charge in [-0.25, -0.2) is 0 Å². The second-order valence-electron chi connectivity index (χ2n) is 7.21. The van der Waals surface area contributed by atoms with Crippen LogP contribution in [-0.2, 0) is 0 Å². The molecule has 3 aromatic carbocycles. The standard InChI is InChI=1S/C15H11NS.C11H18N2O/c17-15-9-12(11-4-2-1-3-5-11)8-13-10-16-7-6-14(13)15;12-7-9-13-8-6-11(14)10-4-2-1-3-5-10/h1-10,17H;1-5,11,13-14H,6-9,12H2. The normalized spacial score (nSPS) is 11.6. The van der Waals surface area contributed by atoms with Crippen molar-refractivity contribution in [2.24, 2.45) is 5.73 Å². The van der Waals surface area contributed by atoms with Crippen LogP contribution in [-0.4, -0.2) is 29.7 Å². The molecule has 4 N–H and O–H groups in total. The molecule has 4 rings (SSSR count). The van der Waals surface area contributed by atoms with Gasteiger partial charge in [0.2, 0.25) is 0 Å². The molecule has 4 nitrogen and oxygen atoms in total. The van der Waals surface area contributed by atoms with Crippen molar-refractivity contribution in [3.8, 4) is 11.1 Å². The Morgan fingerprint density at radius 2 is 1.61 bits per heavy atom. The van der Waals surface area contributed by atoms with Gasteiger partial charge in [-0.3, -0.25) is 4.98 Å². The topological polar surface area (TPSA) is 71.2 Å². The lowest BCUT2D eigenvalue weighted by Gasteiger charge is -2.10. The zero-order chi connectivity index (χ0) is 21.9. The Bertz CT molecular complexity index is 1060. The lowest BCUT2D eigenvalue weighted by Crippen LogP contribution is -2.24.